The number of amides is 1. The zero-order valence-corrected chi connectivity index (χ0v) is 15.7. The Morgan fingerprint density at radius 3 is 2.35 bits per heavy atom. The van der Waals surface area contributed by atoms with Gasteiger partial charge in [0.25, 0.3) is 5.91 Å². The Morgan fingerprint density at radius 2 is 1.69 bits per heavy atom. The van der Waals surface area contributed by atoms with Crippen LogP contribution < -0.4 is 4.90 Å². The molecule has 2 aromatic rings. The molecule has 0 bridgehead atoms. The van der Waals surface area contributed by atoms with E-state index in [4.69, 9.17) is 11.6 Å². The standard InChI is InChI=1S/C21H24ClN3O/c22-19-15-18(3-4-20(19)24-11-1-2-12-24)21(26)25-13-7-17(8-14-25)16-5-9-23-10-6-16/h3-6,9-10,15,17H,1-2,7-8,11-14H2. The number of benzene rings is 1. The summed E-state index contributed by atoms with van der Waals surface area (Å²) in [6.07, 6.45) is 8.10. The van der Waals surface area contributed by atoms with Gasteiger partial charge in [-0.2, -0.15) is 0 Å². The maximum Gasteiger partial charge on any atom is 0.253 e. The third-order valence-electron chi connectivity index (χ3n) is 5.60. The lowest BCUT2D eigenvalue weighted by Crippen LogP contribution is -2.38. The zero-order valence-electron chi connectivity index (χ0n) is 14.9. The van der Waals surface area contributed by atoms with Gasteiger partial charge in [0, 0.05) is 44.1 Å². The normalized spacial score (nSPS) is 18.3. The van der Waals surface area contributed by atoms with E-state index in [-0.39, 0.29) is 5.91 Å². The number of rotatable bonds is 3. The second-order valence-corrected chi connectivity index (χ2v) is 7.61. The first-order chi connectivity index (χ1) is 12.7. The van der Waals surface area contributed by atoms with Crippen LogP contribution in [0.15, 0.2) is 42.7 Å². The van der Waals surface area contributed by atoms with E-state index >= 15 is 0 Å². The molecule has 2 aliphatic rings. The molecule has 0 radical (unpaired) electrons. The molecule has 4 nitrogen and oxygen atoms in total. The molecule has 0 N–H and O–H groups in total. The highest BCUT2D eigenvalue weighted by atomic mass is 35.5. The summed E-state index contributed by atoms with van der Waals surface area (Å²) in [4.78, 5) is 21.2. The number of likely N-dealkylation sites (tertiary alicyclic amines) is 1. The Bertz CT molecular complexity index is 766. The molecule has 5 heteroatoms. The molecule has 3 heterocycles. The molecular weight excluding hydrogens is 346 g/mol. The summed E-state index contributed by atoms with van der Waals surface area (Å²) in [7, 11) is 0. The number of nitrogens with zero attached hydrogens (tertiary/aromatic N) is 3. The highest BCUT2D eigenvalue weighted by molar-refractivity contribution is 6.33. The van der Waals surface area contributed by atoms with Crippen LogP contribution in [0.1, 0.15) is 47.5 Å². The number of aromatic nitrogens is 1. The van der Waals surface area contributed by atoms with Gasteiger partial charge in [-0.05, 0) is 67.5 Å². The number of anilines is 1. The fourth-order valence-corrected chi connectivity index (χ4v) is 4.39. The van der Waals surface area contributed by atoms with Crippen LogP contribution in [0, 0.1) is 0 Å². The summed E-state index contributed by atoms with van der Waals surface area (Å²) in [5.74, 6) is 0.608. The number of piperidine rings is 1. The minimum absolute atomic E-state index is 0.0908. The predicted octanol–water partition coefficient (Wildman–Crippen LogP) is 4.36. The second kappa shape index (κ2) is 7.67. The van der Waals surface area contributed by atoms with Crippen LogP contribution >= 0.6 is 11.6 Å². The van der Waals surface area contributed by atoms with Crippen molar-refractivity contribution in [2.24, 2.45) is 0 Å². The lowest BCUT2D eigenvalue weighted by molar-refractivity contribution is 0.0713. The number of pyridine rings is 1. The summed E-state index contributed by atoms with van der Waals surface area (Å²) in [5.41, 5.74) is 3.07. The van der Waals surface area contributed by atoms with Gasteiger partial charge in [-0.15, -0.1) is 0 Å². The molecule has 0 unspecified atom stereocenters. The van der Waals surface area contributed by atoms with Crippen molar-refractivity contribution in [2.75, 3.05) is 31.1 Å². The maximum atomic E-state index is 12.9. The molecular formula is C21H24ClN3O. The Balaban J connectivity index is 1.41. The lowest BCUT2D eigenvalue weighted by Gasteiger charge is -2.32. The van der Waals surface area contributed by atoms with E-state index in [1.54, 1.807) is 0 Å². The molecule has 0 aliphatic carbocycles. The lowest BCUT2D eigenvalue weighted by atomic mass is 9.90. The smallest absolute Gasteiger partial charge is 0.253 e. The molecule has 1 aromatic carbocycles. The molecule has 0 saturated carbocycles. The molecule has 4 rings (SSSR count). The third-order valence-corrected chi connectivity index (χ3v) is 5.90. The molecule has 1 amide bonds. The maximum absolute atomic E-state index is 12.9. The quantitative estimate of drug-likeness (QED) is 0.806. The first kappa shape index (κ1) is 17.3. The number of halogens is 1. The molecule has 136 valence electrons. The average molecular weight is 370 g/mol. The topological polar surface area (TPSA) is 36.4 Å². The Morgan fingerprint density at radius 1 is 1.00 bits per heavy atom. The second-order valence-electron chi connectivity index (χ2n) is 7.21. The van der Waals surface area contributed by atoms with Gasteiger partial charge in [0.05, 0.1) is 10.7 Å². The van der Waals surface area contributed by atoms with Crippen LogP contribution in [0.4, 0.5) is 5.69 Å². The van der Waals surface area contributed by atoms with Crippen molar-refractivity contribution in [3.8, 4) is 0 Å². The molecule has 2 saturated heterocycles. The summed E-state index contributed by atoms with van der Waals surface area (Å²) >= 11 is 6.48. The number of hydrogen-bond acceptors (Lipinski definition) is 3. The fourth-order valence-electron chi connectivity index (χ4n) is 4.09. The van der Waals surface area contributed by atoms with Crippen molar-refractivity contribution >= 4 is 23.2 Å². The Labute approximate surface area is 159 Å². The van der Waals surface area contributed by atoms with Crippen molar-refractivity contribution < 1.29 is 4.79 Å². The van der Waals surface area contributed by atoms with Gasteiger partial charge in [0.15, 0.2) is 0 Å². The van der Waals surface area contributed by atoms with Crippen molar-refractivity contribution in [1.82, 2.24) is 9.88 Å². The first-order valence-electron chi connectivity index (χ1n) is 9.46. The molecule has 1 aromatic heterocycles. The van der Waals surface area contributed by atoms with Crippen molar-refractivity contribution in [2.45, 2.75) is 31.6 Å². The fraction of sp³-hybridized carbons (Fsp3) is 0.429. The van der Waals surface area contributed by atoms with E-state index in [2.05, 4.69) is 22.0 Å². The van der Waals surface area contributed by atoms with Crippen LogP contribution in [0.3, 0.4) is 0 Å². The van der Waals surface area contributed by atoms with E-state index in [1.807, 2.05) is 35.5 Å². The first-order valence-corrected chi connectivity index (χ1v) is 9.84. The Kier molecular flexibility index (Phi) is 5.11. The largest absolute Gasteiger partial charge is 0.370 e. The van der Waals surface area contributed by atoms with Crippen molar-refractivity contribution in [1.29, 1.82) is 0 Å². The van der Waals surface area contributed by atoms with Crippen LogP contribution in [0.5, 0.6) is 0 Å². The number of carbonyl (C=O) groups excluding carboxylic acids is 1. The summed E-state index contributed by atoms with van der Waals surface area (Å²) in [5, 5.41) is 0.685. The van der Waals surface area contributed by atoms with Gasteiger partial charge >= 0.3 is 0 Å². The highest BCUT2D eigenvalue weighted by Gasteiger charge is 2.25. The predicted molar refractivity (Wildman–Crippen MR) is 105 cm³/mol. The summed E-state index contributed by atoms with van der Waals surface area (Å²) < 4.78 is 0. The van der Waals surface area contributed by atoms with Crippen LogP contribution in [-0.2, 0) is 0 Å². The van der Waals surface area contributed by atoms with E-state index in [0.717, 1.165) is 44.7 Å². The van der Waals surface area contributed by atoms with Gasteiger partial charge in [-0.25, -0.2) is 0 Å². The molecule has 26 heavy (non-hydrogen) atoms. The zero-order chi connectivity index (χ0) is 17.9. The van der Waals surface area contributed by atoms with Crippen LogP contribution in [0.2, 0.25) is 5.02 Å². The van der Waals surface area contributed by atoms with Gasteiger partial charge in [0.2, 0.25) is 0 Å². The van der Waals surface area contributed by atoms with Crippen molar-refractivity contribution in [3.05, 3.63) is 58.9 Å². The average Bonchev–Trinajstić information content (AvgIpc) is 3.22. The van der Waals surface area contributed by atoms with Gasteiger partial charge in [-0.1, -0.05) is 11.6 Å². The summed E-state index contributed by atoms with van der Waals surface area (Å²) in [6, 6.07) is 9.94. The number of hydrogen-bond donors (Lipinski definition) is 0. The van der Waals surface area contributed by atoms with E-state index in [0.29, 0.717) is 16.5 Å². The molecule has 0 spiro atoms. The minimum Gasteiger partial charge on any atom is -0.370 e. The molecule has 2 fully saturated rings. The summed E-state index contributed by atoms with van der Waals surface area (Å²) in [6.45, 7) is 3.68. The van der Waals surface area contributed by atoms with E-state index < -0.39 is 0 Å². The van der Waals surface area contributed by atoms with E-state index in [9.17, 15) is 4.79 Å². The van der Waals surface area contributed by atoms with Gasteiger partial charge < -0.3 is 9.80 Å². The minimum atomic E-state index is 0.0908. The van der Waals surface area contributed by atoms with Gasteiger partial charge in [0.1, 0.15) is 0 Å². The molecule has 2 aliphatic heterocycles. The van der Waals surface area contributed by atoms with E-state index in [1.165, 1.54) is 18.4 Å². The highest BCUT2D eigenvalue weighted by Crippen LogP contribution is 2.31. The Hall–Kier alpha value is -2.07. The third kappa shape index (κ3) is 3.56. The monoisotopic (exact) mass is 369 g/mol. The SMILES string of the molecule is O=C(c1ccc(N2CCCC2)c(Cl)c1)N1CCC(c2ccncc2)CC1. The van der Waals surface area contributed by atoms with Crippen LogP contribution in [0.25, 0.3) is 0 Å². The van der Waals surface area contributed by atoms with Gasteiger partial charge in [-0.3, -0.25) is 9.78 Å². The molecule has 0 atom stereocenters. The van der Waals surface area contributed by atoms with Crippen molar-refractivity contribution in [3.63, 3.8) is 0 Å². The van der Waals surface area contributed by atoms with Crippen LogP contribution in [-0.4, -0.2) is 42.0 Å². The number of carbonyl (C=O) groups is 1.